The average molecular weight is 291 g/mol. The van der Waals surface area contributed by atoms with E-state index in [1.165, 1.54) is 6.20 Å². The van der Waals surface area contributed by atoms with E-state index in [9.17, 15) is 4.79 Å². The Hall–Kier alpha value is -2.70. The van der Waals surface area contributed by atoms with Crippen LogP contribution in [0, 0.1) is 0 Å². The lowest BCUT2D eigenvalue weighted by Crippen LogP contribution is -2.30. The van der Waals surface area contributed by atoms with Gasteiger partial charge in [0, 0.05) is 12.6 Å². The highest BCUT2D eigenvalue weighted by Gasteiger charge is 2.06. The Balaban J connectivity index is 1.81. The third kappa shape index (κ3) is 4.13. The molecule has 0 fully saturated rings. The minimum Gasteiger partial charge on any atom is -0.493 e. The largest absolute Gasteiger partial charge is 0.493 e. The summed E-state index contributed by atoms with van der Waals surface area (Å²) < 4.78 is 15.2. The van der Waals surface area contributed by atoms with Crippen molar-refractivity contribution in [1.82, 2.24) is 10.5 Å². The number of carbonyl (C=O) groups is 1. The van der Waals surface area contributed by atoms with Gasteiger partial charge in [-0.15, -0.1) is 0 Å². The number of carbonyl (C=O) groups excluding carboxylic acids is 1. The van der Waals surface area contributed by atoms with Crippen molar-refractivity contribution in [3.63, 3.8) is 0 Å². The molecule has 0 aliphatic heterocycles. The van der Waals surface area contributed by atoms with Gasteiger partial charge in [0.1, 0.15) is 0 Å². The topological polar surface area (TPSA) is 85.6 Å². The van der Waals surface area contributed by atoms with Crippen LogP contribution in [0.1, 0.15) is 5.56 Å². The summed E-state index contributed by atoms with van der Waals surface area (Å²) in [5.74, 6) is 1.65. The zero-order valence-corrected chi connectivity index (χ0v) is 11.9. The van der Waals surface area contributed by atoms with Crippen LogP contribution in [0.2, 0.25) is 0 Å². The lowest BCUT2D eigenvalue weighted by Gasteiger charge is -2.10. The predicted octanol–water partition coefficient (Wildman–Crippen LogP) is 2.06. The molecular weight excluding hydrogens is 274 g/mol. The molecule has 0 saturated carbocycles. The fourth-order valence-electron chi connectivity index (χ4n) is 1.79. The number of methoxy groups -OCH3 is 2. The standard InChI is InChI=1S/C14H17N3O4/c1-19-11-4-3-10(9-12(11)20-2)5-7-15-14(18)17-13-6-8-16-21-13/h3-4,6,8-9H,5,7H2,1-2H3,(H2,15,17,18). The van der Waals surface area contributed by atoms with E-state index in [0.29, 0.717) is 30.3 Å². The van der Waals surface area contributed by atoms with Crippen molar-refractivity contribution < 1.29 is 18.8 Å². The number of ether oxygens (including phenoxy) is 2. The smallest absolute Gasteiger partial charge is 0.321 e. The van der Waals surface area contributed by atoms with Crippen molar-refractivity contribution in [2.45, 2.75) is 6.42 Å². The zero-order valence-electron chi connectivity index (χ0n) is 11.9. The highest BCUT2D eigenvalue weighted by Crippen LogP contribution is 2.27. The fraction of sp³-hybridized carbons (Fsp3) is 0.286. The van der Waals surface area contributed by atoms with Crippen molar-refractivity contribution in [1.29, 1.82) is 0 Å². The van der Waals surface area contributed by atoms with Gasteiger partial charge in [-0.05, 0) is 24.1 Å². The Morgan fingerprint density at radius 1 is 1.24 bits per heavy atom. The monoisotopic (exact) mass is 291 g/mol. The molecule has 0 spiro atoms. The van der Waals surface area contributed by atoms with Crippen molar-refractivity contribution in [2.75, 3.05) is 26.1 Å². The highest BCUT2D eigenvalue weighted by molar-refractivity contribution is 5.87. The summed E-state index contributed by atoms with van der Waals surface area (Å²) in [5.41, 5.74) is 1.03. The highest BCUT2D eigenvalue weighted by atomic mass is 16.5. The van der Waals surface area contributed by atoms with Gasteiger partial charge in [-0.2, -0.15) is 0 Å². The molecule has 7 nitrogen and oxygen atoms in total. The molecule has 0 bridgehead atoms. The molecule has 2 rings (SSSR count). The second-order valence-electron chi connectivity index (χ2n) is 4.20. The molecule has 2 N–H and O–H groups in total. The number of hydrogen-bond acceptors (Lipinski definition) is 5. The summed E-state index contributed by atoms with van der Waals surface area (Å²) in [4.78, 5) is 11.6. The SMILES string of the molecule is COc1ccc(CCNC(=O)Nc2ccno2)cc1OC. The van der Waals surface area contributed by atoms with Crippen LogP contribution in [0.5, 0.6) is 11.5 Å². The van der Waals surface area contributed by atoms with E-state index in [2.05, 4.69) is 15.8 Å². The zero-order chi connectivity index (χ0) is 15.1. The van der Waals surface area contributed by atoms with E-state index in [-0.39, 0.29) is 6.03 Å². The van der Waals surface area contributed by atoms with Crippen LogP contribution >= 0.6 is 0 Å². The van der Waals surface area contributed by atoms with Gasteiger partial charge in [-0.1, -0.05) is 11.2 Å². The van der Waals surface area contributed by atoms with Gasteiger partial charge >= 0.3 is 6.03 Å². The number of amides is 2. The second-order valence-corrected chi connectivity index (χ2v) is 4.20. The molecular formula is C14H17N3O4. The molecule has 1 aromatic carbocycles. The van der Waals surface area contributed by atoms with E-state index in [1.54, 1.807) is 20.3 Å². The number of anilines is 1. The van der Waals surface area contributed by atoms with Crippen LogP contribution in [-0.2, 0) is 6.42 Å². The van der Waals surface area contributed by atoms with Crippen LogP contribution in [0.15, 0.2) is 35.0 Å². The number of nitrogens with one attached hydrogen (secondary N) is 2. The number of benzene rings is 1. The van der Waals surface area contributed by atoms with Crippen molar-refractivity contribution >= 4 is 11.9 Å². The van der Waals surface area contributed by atoms with Gasteiger partial charge in [0.15, 0.2) is 11.5 Å². The van der Waals surface area contributed by atoms with Crippen LogP contribution in [-0.4, -0.2) is 32.0 Å². The van der Waals surface area contributed by atoms with Gasteiger partial charge < -0.3 is 19.3 Å². The molecule has 112 valence electrons. The Morgan fingerprint density at radius 3 is 2.71 bits per heavy atom. The van der Waals surface area contributed by atoms with Gasteiger partial charge in [-0.25, -0.2) is 4.79 Å². The van der Waals surface area contributed by atoms with Gasteiger partial charge in [0.05, 0.1) is 20.4 Å². The minimum absolute atomic E-state index is 0.304. The number of rotatable bonds is 6. The van der Waals surface area contributed by atoms with Crippen molar-refractivity contribution in [3.05, 3.63) is 36.0 Å². The first-order chi connectivity index (χ1) is 10.2. The van der Waals surface area contributed by atoms with E-state index in [4.69, 9.17) is 14.0 Å². The number of urea groups is 1. The maximum absolute atomic E-state index is 11.6. The number of aromatic nitrogens is 1. The normalized spacial score (nSPS) is 10.0. The third-order valence-electron chi connectivity index (χ3n) is 2.82. The summed E-state index contributed by atoms with van der Waals surface area (Å²) in [6, 6.07) is 6.87. The first kappa shape index (κ1) is 14.7. The van der Waals surface area contributed by atoms with Crippen molar-refractivity contribution in [3.8, 4) is 11.5 Å². The molecule has 2 amide bonds. The lowest BCUT2D eigenvalue weighted by molar-refractivity contribution is 0.251. The first-order valence-electron chi connectivity index (χ1n) is 6.39. The maximum atomic E-state index is 11.6. The number of nitrogens with zero attached hydrogens (tertiary/aromatic N) is 1. The molecule has 21 heavy (non-hydrogen) atoms. The summed E-state index contributed by atoms with van der Waals surface area (Å²) >= 11 is 0. The molecule has 0 atom stereocenters. The number of hydrogen-bond donors (Lipinski definition) is 2. The summed E-state index contributed by atoms with van der Waals surface area (Å²) in [6.07, 6.45) is 2.13. The Kier molecular flexibility index (Phi) is 5.03. The van der Waals surface area contributed by atoms with Crippen molar-refractivity contribution in [2.24, 2.45) is 0 Å². The molecule has 1 aromatic heterocycles. The minimum atomic E-state index is -0.341. The molecule has 0 aliphatic carbocycles. The molecule has 1 heterocycles. The van der Waals surface area contributed by atoms with E-state index < -0.39 is 0 Å². The molecule has 0 aliphatic rings. The molecule has 0 unspecified atom stereocenters. The fourth-order valence-corrected chi connectivity index (χ4v) is 1.79. The lowest BCUT2D eigenvalue weighted by atomic mass is 10.1. The maximum Gasteiger partial charge on any atom is 0.321 e. The molecule has 7 heteroatoms. The van der Waals surface area contributed by atoms with Crippen LogP contribution in [0.4, 0.5) is 10.7 Å². The van der Waals surface area contributed by atoms with E-state index in [1.807, 2.05) is 18.2 Å². The Morgan fingerprint density at radius 2 is 2.05 bits per heavy atom. The Labute approximate surface area is 122 Å². The van der Waals surface area contributed by atoms with Gasteiger partial charge in [0.2, 0.25) is 5.88 Å². The first-order valence-corrected chi connectivity index (χ1v) is 6.39. The average Bonchev–Trinajstić information content (AvgIpc) is 2.99. The van der Waals surface area contributed by atoms with Gasteiger partial charge in [-0.3, -0.25) is 5.32 Å². The third-order valence-corrected chi connectivity index (χ3v) is 2.82. The van der Waals surface area contributed by atoms with Crippen LogP contribution in [0.3, 0.4) is 0 Å². The predicted molar refractivity (Wildman–Crippen MR) is 76.8 cm³/mol. The van der Waals surface area contributed by atoms with Gasteiger partial charge in [0.25, 0.3) is 0 Å². The summed E-state index contributed by atoms with van der Waals surface area (Å²) in [5, 5.41) is 8.75. The second kappa shape index (κ2) is 7.18. The van der Waals surface area contributed by atoms with E-state index in [0.717, 1.165) is 5.56 Å². The van der Waals surface area contributed by atoms with Crippen LogP contribution in [0.25, 0.3) is 0 Å². The molecule has 2 aromatic rings. The Bertz CT molecular complexity index is 584. The molecule has 0 radical (unpaired) electrons. The summed E-state index contributed by atoms with van der Waals surface area (Å²) in [6.45, 7) is 0.482. The van der Waals surface area contributed by atoms with Crippen LogP contribution < -0.4 is 20.1 Å². The molecule has 0 saturated heterocycles. The summed E-state index contributed by atoms with van der Waals surface area (Å²) in [7, 11) is 3.18. The van der Waals surface area contributed by atoms with E-state index >= 15 is 0 Å². The quantitative estimate of drug-likeness (QED) is 0.850.